The van der Waals surface area contributed by atoms with Gasteiger partial charge in [0.1, 0.15) is 0 Å². The maximum Gasteiger partial charge on any atom is 0.273 e. The Morgan fingerprint density at radius 1 is 0.946 bits per heavy atom. The number of aromatic amines is 1. The molecule has 0 spiro atoms. The second kappa shape index (κ2) is 9.20. The van der Waals surface area contributed by atoms with Gasteiger partial charge in [-0.25, -0.2) is 0 Å². The van der Waals surface area contributed by atoms with E-state index in [1.807, 2.05) is 60.7 Å². The summed E-state index contributed by atoms with van der Waals surface area (Å²) in [7, 11) is 0. The van der Waals surface area contributed by atoms with E-state index in [-0.39, 0.29) is 30.1 Å². The maximum atomic E-state index is 13.4. The van der Waals surface area contributed by atoms with Gasteiger partial charge in [0.05, 0.1) is 17.0 Å². The first kappa shape index (κ1) is 23.0. The van der Waals surface area contributed by atoms with E-state index in [4.69, 9.17) is 0 Å². The topological polar surface area (TPSA) is 116 Å². The average molecular weight is 494 g/mol. The van der Waals surface area contributed by atoms with Gasteiger partial charge in [0.2, 0.25) is 11.8 Å². The number of nitrogens with zero attached hydrogens (tertiary/aromatic N) is 1. The van der Waals surface area contributed by atoms with Crippen LogP contribution in [0.25, 0.3) is 22.0 Å². The number of carbonyl (C=O) groups excluding carboxylic acids is 3. The molecule has 2 fully saturated rings. The number of nitrogens with one attached hydrogen (secondary N) is 4. The predicted molar refractivity (Wildman–Crippen MR) is 141 cm³/mol. The molecular formula is C29H27N5O3. The summed E-state index contributed by atoms with van der Waals surface area (Å²) < 4.78 is 0. The molecule has 0 bridgehead atoms. The lowest BCUT2D eigenvalue weighted by molar-refractivity contribution is -0.123. The molecule has 0 radical (unpaired) electrons. The highest BCUT2D eigenvalue weighted by Gasteiger charge is 2.40. The van der Waals surface area contributed by atoms with Gasteiger partial charge in [0.25, 0.3) is 5.91 Å². The van der Waals surface area contributed by atoms with E-state index in [2.05, 4.69) is 38.3 Å². The van der Waals surface area contributed by atoms with Crippen molar-refractivity contribution in [1.82, 2.24) is 20.8 Å². The van der Waals surface area contributed by atoms with Crippen LogP contribution in [0.4, 0.5) is 5.69 Å². The normalized spacial score (nSPS) is 18.2. The fraction of sp³-hybridized carbons (Fsp3) is 0.241. The van der Waals surface area contributed by atoms with Crippen LogP contribution in [0.15, 0.2) is 72.8 Å². The van der Waals surface area contributed by atoms with E-state index in [9.17, 15) is 14.4 Å². The minimum absolute atomic E-state index is 0.0977. The molecule has 1 unspecified atom stereocenters. The molecule has 1 aliphatic heterocycles. The number of hydrogen-bond donors (Lipinski definition) is 4. The monoisotopic (exact) mass is 493 g/mol. The Hall–Kier alpha value is -4.46. The second-order valence-corrected chi connectivity index (χ2v) is 9.86. The molecule has 1 saturated carbocycles. The smallest absolute Gasteiger partial charge is 0.273 e. The number of rotatable bonds is 6. The summed E-state index contributed by atoms with van der Waals surface area (Å²) in [5.41, 5.74) is 4.55. The first-order valence-electron chi connectivity index (χ1n) is 12.5. The van der Waals surface area contributed by atoms with E-state index in [0.717, 1.165) is 46.9 Å². The molecular weight excluding hydrogens is 466 g/mol. The van der Waals surface area contributed by atoms with Crippen LogP contribution < -0.4 is 16.0 Å². The molecule has 2 aliphatic rings. The van der Waals surface area contributed by atoms with Crippen molar-refractivity contribution in [3.8, 4) is 11.1 Å². The van der Waals surface area contributed by atoms with Crippen molar-refractivity contribution in [3.05, 3.63) is 84.1 Å². The minimum atomic E-state index is -0.462. The fourth-order valence-electron chi connectivity index (χ4n) is 5.20. The molecule has 1 aliphatic carbocycles. The first-order valence-corrected chi connectivity index (χ1v) is 12.5. The Bertz CT molecular complexity index is 1490. The molecule has 4 N–H and O–H groups in total. The van der Waals surface area contributed by atoms with Gasteiger partial charge in [0, 0.05) is 24.0 Å². The largest absolute Gasteiger partial charge is 0.355 e. The molecule has 4 aromatic rings. The highest BCUT2D eigenvalue weighted by molar-refractivity contribution is 6.05. The van der Waals surface area contributed by atoms with Gasteiger partial charge >= 0.3 is 0 Å². The Labute approximate surface area is 213 Å². The summed E-state index contributed by atoms with van der Waals surface area (Å²) in [6.45, 7) is 0.368. The van der Waals surface area contributed by atoms with Gasteiger partial charge in [-0.1, -0.05) is 48.5 Å². The lowest BCUT2D eigenvalue weighted by Gasteiger charge is -2.43. The number of aromatic nitrogens is 2. The summed E-state index contributed by atoms with van der Waals surface area (Å²) in [5, 5.41) is 17.0. The fourth-order valence-corrected chi connectivity index (χ4v) is 5.20. The molecule has 37 heavy (non-hydrogen) atoms. The number of anilines is 1. The van der Waals surface area contributed by atoms with Crippen molar-refractivity contribution >= 4 is 34.3 Å². The zero-order valence-electron chi connectivity index (χ0n) is 20.2. The third-order valence-electron chi connectivity index (χ3n) is 7.50. The van der Waals surface area contributed by atoms with Crippen molar-refractivity contribution in [3.63, 3.8) is 0 Å². The number of H-pyrrole nitrogens is 1. The minimum Gasteiger partial charge on any atom is -0.355 e. The third-order valence-corrected chi connectivity index (χ3v) is 7.50. The molecule has 6 rings (SSSR count). The highest BCUT2D eigenvalue weighted by atomic mass is 16.2. The maximum absolute atomic E-state index is 13.4. The van der Waals surface area contributed by atoms with Crippen LogP contribution in [0.2, 0.25) is 0 Å². The van der Waals surface area contributed by atoms with Gasteiger partial charge in [-0.15, -0.1) is 0 Å². The standard InChI is InChI=1S/C29H27N5O3/c35-25-16-20(17-30-25)27(36)31-22-10-8-21(9-11-22)29(13-4-14-29)32-28(37)26-23-12-7-19(15-24(23)33-34-26)18-5-2-1-3-6-18/h1-3,5-12,15,20H,4,13-14,16-17H2,(H,30,35)(H,31,36)(H,32,37)(H,33,34). The summed E-state index contributed by atoms with van der Waals surface area (Å²) in [6.07, 6.45) is 2.90. The summed E-state index contributed by atoms with van der Waals surface area (Å²) >= 11 is 0. The molecule has 186 valence electrons. The molecule has 1 saturated heterocycles. The first-order chi connectivity index (χ1) is 18.0. The zero-order chi connectivity index (χ0) is 25.4. The quantitative estimate of drug-likeness (QED) is 0.323. The Kier molecular flexibility index (Phi) is 5.71. The van der Waals surface area contributed by atoms with E-state index < -0.39 is 5.54 Å². The molecule has 8 nitrogen and oxygen atoms in total. The SMILES string of the molecule is O=C1CC(C(=O)Nc2ccc(C3(NC(=O)c4n[nH]c5cc(-c6ccccc6)ccc45)CCC3)cc2)CN1. The van der Waals surface area contributed by atoms with Crippen LogP contribution in [0, 0.1) is 5.92 Å². The average Bonchev–Trinajstić information content (AvgIpc) is 3.53. The van der Waals surface area contributed by atoms with Crippen LogP contribution in [0.1, 0.15) is 41.7 Å². The van der Waals surface area contributed by atoms with Crippen LogP contribution in [0.5, 0.6) is 0 Å². The molecule has 1 atom stereocenters. The lowest BCUT2D eigenvalue weighted by atomic mass is 9.71. The molecule has 8 heteroatoms. The molecule has 3 amide bonds. The van der Waals surface area contributed by atoms with Crippen molar-refractivity contribution in [1.29, 1.82) is 0 Å². The highest BCUT2D eigenvalue weighted by Crippen LogP contribution is 2.42. The van der Waals surface area contributed by atoms with Crippen LogP contribution in [-0.2, 0) is 15.1 Å². The van der Waals surface area contributed by atoms with Crippen molar-refractivity contribution in [2.45, 2.75) is 31.2 Å². The molecule has 3 aromatic carbocycles. The summed E-state index contributed by atoms with van der Waals surface area (Å²) in [4.78, 5) is 37.2. The van der Waals surface area contributed by atoms with Gasteiger partial charge in [-0.2, -0.15) is 5.10 Å². The molecule has 1 aromatic heterocycles. The second-order valence-electron chi connectivity index (χ2n) is 9.86. The Balaban J connectivity index is 1.18. The van der Waals surface area contributed by atoms with E-state index in [1.165, 1.54) is 0 Å². The number of benzene rings is 3. The van der Waals surface area contributed by atoms with E-state index in [0.29, 0.717) is 17.9 Å². The number of carbonyl (C=O) groups is 3. The van der Waals surface area contributed by atoms with Crippen LogP contribution >= 0.6 is 0 Å². The van der Waals surface area contributed by atoms with Gasteiger partial charge in [-0.3, -0.25) is 19.5 Å². The van der Waals surface area contributed by atoms with Gasteiger partial charge < -0.3 is 16.0 Å². The number of fused-ring (bicyclic) bond motifs is 1. The number of hydrogen-bond acceptors (Lipinski definition) is 4. The molecule has 2 heterocycles. The summed E-state index contributed by atoms with van der Waals surface area (Å²) in [5.74, 6) is -0.829. The predicted octanol–water partition coefficient (Wildman–Crippen LogP) is 4.11. The number of amides is 3. The van der Waals surface area contributed by atoms with Gasteiger partial charge in [0.15, 0.2) is 5.69 Å². The third kappa shape index (κ3) is 4.35. The van der Waals surface area contributed by atoms with E-state index in [1.54, 1.807) is 0 Å². The lowest BCUT2D eigenvalue weighted by Crippen LogP contribution is -2.50. The zero-order valence-corrected chi connectivity index (χ0v) is 20.2. The van der Waals surface area contributed by atoms with Gasteiger partial charge in [-0.05, 0) is 60.2 Å². The van der Waals surface area contributed by atoms with Crippen LogP contribution in [-0.4, -0.2) is 34.5 Å². The van der Waals surface area contributed by atoms with Crippen molar-refractivity contribution in [2.24, 2.45) is 5.92 Å². The Morgan fingerprint density at radius 2 is 1.73 bits per heavy atom. The van der Waals surface area contributed by atoms with E-state index >= 15 is 0 Å². The Morgan fingerprint density at radius 3 is 2.41 bits per heavy atom. The van der Waals surface area contributed by atoms with Crippen molar-refractivity contribution in [2.75, 3.05) is 11.9 Å². The van der Waals surface area contributed by atoms with Crippen molar-refractivity contribution < 1.29 is 14.4 Å². The summed E-state index contributed by atoms with van der Waals surface area (Å²) in [6, 6.07) is 23.6. The van der Waals surface area contributed by atoms with Crippen LogP contribution in [0.3, 0.4) is 0 Å².